The monoisotopic (exact) mass is 240 g/mol. The predicted molar refractivity (Wildman–Crippen MR) is 69.6 cm³/mol. The van der Waals surface area contributed by atoms with Crippen LogP contribution in [0.2, 0.25) is 0 Å². The maximum atomic E-state index is 11.6. The number of carbonyl (C=O) groups is 1. The zero-order chi connectivity index (χ0) is 12.5. The van der Waals surface area contributed by atoms with Crippen molar-refractivity contribution in [2.24, 2.45) is 0 Å². The fourth-order valence-electron chi connectivity index (χ4n) is 1.99. The van der Waals surface area contributed by atoms with Crippen molar-refractivity contribution in [1.29, 1.82) is 0 Å². The highest BCUT2D eigenvalue weighted by Crippen LogP contribution is 2.21. The Bertz CT molecular complexity index is 678. The Morgan fingerprint density at radius 3 is 2.72 bits per heavy atom. The first-order valence-corrected chi connectivity index (χ1v) is 5.83. The van der Waals surface area contributed by atoms with Gasteiger partial charge in [0.25, 0.3) is 0 Å². The van der Waals surface area contributed by atoms with Crippen molar-refractivity contribution in [3.63, 3.8) is 0 Å². The third-order valence-corrected chi connectivity index (χ3v) is 2.82. The lowest BCUT2D eigenvalue weighted by Gasteiger charge is -1.96. The average Bonchev–Trinajstić information content (AvgIpc) is 2.79. The van der Waals surface area contributed by atoms with Crippen LogP contribution in [-0.4, -0.2) is 22.5 Å². The molecule has 1 aromatic heterocycles. The van der Waals surface area contributed by atoms with Crippen molar-refractivity contribution < 1.29 is 9.53 Å². The summed E-state index contributed by atoms with van der Waals surface area (Å²) in [4.78, 5) is 18.8. The van der Waals surface area contributed by atoms with Gasteiger partial charge in [0.1, 0.15) is 0 Å². The first kappa shape index (κ1) is 10.8. The van der Waals surface area contributed by atoms with Gasteiger partial charge in [-0.1, -0.05) is 24.3 Å². The van der Waals surface area contributed by atoms with E-state index in [4.69, 9.17) is 4.74 Å². The smallest absolute Gasteiger partial charge is 0.374 e. The number of hydrogen-bond acceptors (Lipinski definition) is 3. The topological polar surface area (TPSA) is 55.0 Å². The Hall–Kier alpha value is -2.36. The molecule has 3 rings (SSSR count). The molecule has 2 aromatic carbocycles. The number of imidazole rings is 1. The van der Waals surface area contributed by atoms with Gasteiger partial charge in [0.2, 0.25) is 5.82 Å². The minimum Gasteiger partial charge on any atom is -0.460 e. The number of nitrogens with zero attached hydrogens (tertiary/aromatic N) is 1. The molecule has 3 aromatic rings. The molecule has 4 nitrogen and oxygen atoms in total. The van der Waals surface area contributed by atoms with Gasteiger partial charge in [-0.2, -0.15) is 0 Å². The maximum absolute atomic E-state index is 11.6. The molecule has 0 spiro atoms. The average molecular weight is 240 g/mol. The zero-order valence-electron chi connectivity index (χ0n) is 9.93. The molecule has 0 aliphatic heterocycles. The molecule has 0 aliphatic carbocycles. The van der Waals surface area contributed by atoms with Crippen molar-refractivity contribution in [2.75, 3.05) is 6.61 Å². The van der Waals surface area contributed by atoms with E-state index in [1.54, 1.807) is 6.92 Å². The second kappa shape index (κ2) is 4.14. The van der Waals surface area contributed by atoms with Crippen molar-refractivity contribution in [3.8, 4) is 0 Å². The lowest BCUT2D eigenvalue weighted by atomic mass is 10.1. The van der Waals surface area contributed by atoms with Crippen LogP contribution in [0.4, 0.5) is 0 Å². The Kier molecular flexibility index (Phi) is 2.48. The van der Waals surface area contributed by atoms with Crippen LogP contribution >= 0.6 is 0 Å². The van der Waals surface area contributed by atoms with Gasteiger partial charge in [-0.05, 0) is 29.8 Å². The zero-order valence-corrected chi connectivity index (χ0v) is 9.93. The molecule has 0 unspecified atom stereocenters. The second-order valence-electron chi connectivity index (χ2n) is 4.02. The standard InChI is InChI=1S/C14H12N2O2/c1-2-18-14(17)13-15-11-7-9-5-3-4-6-10(9)8-12(11)16-13/h3-8H,2H2,1H3,(H,15,16). The number of nitrogens with one attached hydrogen (secondary N) is 1. The summed E-state index contributed by atoms with van der Waals surface area (Å²) in [7, 11) is 0. The number of hydrogen-bond donors (Lipinski definition) is 1. The third kappa shape index (κ3) is 1.72. The molecule has 90 valence electrons. The summed E-state index contributed by atoms with van der Waals surface area (Å²) in [5.41, 5.74) is 1.62. The number of aromatic amines is 1. The van der Waals surface area contributed by atoms with Gasteiger partial charge >= 0.3 is 5.97 Å². The van der Waals surface area contributed by atoms with E-state index >= 15 is 0 Å². The number of esters is 1. The summed E-state index contributed by atoms with van der Waals surface area (Å²) in [6.07, 6.45) is 0. The number of carbonyl (C=O) groups excluding carboxylic acids is 1. The van der Waals surface area contributed by atoms with E-state index in [0.717, 1.165) is 21.8 Å². The molecule has 0 aliphatic rings. The highest BCUT2D eigenvalue weighted by molar-refractivity contribution is 5.97. The molecule has 18 heavy (non-hydrogen) atoms. The summed E-state index contributed by atoms with van der Waals surface area (Å²) in [6, 6.07) is 12.0. The van der Waals surface area contributed by atoms with E-state index in [2.05, 4.69) is 9.97 Å². The Balaban J connectivity index is 2.16. The fraction of sp³-hybridized carbons (Fsp3) is 0.143. The van der Waals surface area contributed by atoms with Crippen LogP contribution in [0.1, 0.15) is 17.5 Å². The number of H-pyrrole nitrogens is 1. The van der Waals surface area contributed by atoms with Gasteiger partial charge in [-0.15, -0.1) is 0 Å². The highest BCUT2D eigenvalue weighted by atomic mass is 16.5. The molecular formula is C14H12N2O2. The number of benzene rings is 2. The number of ether oxygens (including phenoxy) is 1. The van der Waals surface area contributed by atoms with Crippen LogP contribution in [-0.2, 0) is 4.74 Å². The van der Waals surface area contributed by atoms with Crippen LogP contribution in [0.3, 0.4) is 0 Å². The quantitative estimate of drug-likeness (QED) is 0.701. The van der Waals surface area contributed by atoms with E-state index in [1.165, 1.54) is 0 Å². The molecule has 0 radical (unpaired) electrons. The van der Waals surface area contributed by atoms with Crippen LogP contribution in [0.15, 0.2) is 36.4 Å². The van der Waals surface area contributed by atoms with E-state index in [1.807, 2.05) is 36.4 Å². The normalized spacial score (nSPS) is 10.9. The molecule has 1 heterocycles. The SMILES string of the molecule is CCOC(=O)c1nc2cc3ccccc3cc2[nH]1. The Morgan fingerprint density at radius 1 is 1.28 bits per heavy atom. The summed E-state index contributed by atoms with van der Waals surface area (Å²) in [6.45, 7) is 2.12. The van der Waals surface area contributed by atoms with Gasteiger partial charge in [-0.3, -0.25) is 0 Å². The molecule has 0 amide bonds. The van der Waals surface area contributed by atoms with Gasteiger partial charge in [0.15, 0.2) is 0 Å². The largest absolute Gasteiger partial charge is 0.460 e. The minimum atomic E-state index is -0.419. The first-order chi connectivity index (χ1) is 8.78. The van der Waals surface area contributed by atoms with Gasteiger partial charge < -0.3 is 9.72 Å². The second-order valence-corrected chi connectivity index (χ2v) is 4.02. The Labute approximate surface area is 104 Å². The number of rotatable bonds is 2. The molecule has 0 saturated carbocycles. The molecule has 0 atom stereocenters. The van der Waals surface area contributed by atoms with E-state index in [-0.39, 0.29) is 5.82 Å². The summed E-state index contributed by atoms with van der Waals surface area (Å²) < 4.78 is 4.92. The predicted octanol–water partition coefficient (Wildman–Crippen LogP) is 2.89. The van der Waals surface area contributed by atoms with Crippen LogP contribution in [0.5, 0.6) is 0 Å². The van der Waals surface area contributed by atoms with Crippen molar-refractivity contribution in [2.45, 2.75) is 6.92 Å². The molecule has 1 N–H and O–H groups in total. The summed E-state index contributed by atoms with van der Waals surface area (Å²) >= 11 is 0. The number of aromatic nitrogens is 2. The van der Waals surface area contributed by atoms with E-state index < -0.39 is 5.97 Å². The summed E-state index contributed by atoms with van der Waals surface area (Å²) in [5.74, 6) is -0.167. The molecular weight excluding hydrogens is 228 g/mol. The third-order valence-electron chi connectivity index (χ3n) is 2.82. The van der Waals surface area contributed by atoms with E-state index in [0.29, 0.717) is 6.61 Å². The van der Waals surface area contributed by atoms with Crippen molar-refractivity contribution in [3.05, 3.63) is 42.2 Å². The minimum absolute atomic E-state index is 0.252. The van der Waals surface area contributed by atoms with Gasteiger partial charge in [0.05, 0.1) is 17.6 Å². The summed E-state index contributed by atoms with van der Waals surface area (Å²) in [5, 5.41) is 2.22. The highest BCUT2D eigenvalue weighted by Gasteiger charge is 2.12. The number of fused-ring (bicyclic) bond motifs is 2. The van der Waals surface area contributed by atoms with Crippen LogP contribution in [0.25, 0.3) is 21.8 Å². The van der Waals surface area contributed by atoms with E-state index in [9.17, 15) is 4.79 Å². The lowest BCUT2D eigenvalue weighted by Crippen LogP contribution is -2.06. The first-order valence-electron chi connectivity index (χ1n) is 5.83. The molecule has 0 bridgehead atoms. The van der Waals surface area contributed by atoms with Crippen molar-refractivity contribution >= 4 is 27.8 Å². The molecule has 4 heteroatoms. The van der Waals surface area contributed by atoms with Crippen molar-refractivity contribution in [1.82, 2.24) is 9.97 Å². The van der Waals surface area contributed by atoms with Gasteiger partial charge in [0, 0.05) is 0 Å². The van der Waals surface area contributed by atoms with Crippen LogP contribution in [0, 0.1) is 0 Å². The molecule has 0 saturated heterocycles. The lowest BCUT2D eigenvalue weighted by molar-refractivity contribution is 0.0514. The van der Waals surface area contributed by atoms with Crippen LogP contribution < -0.4 is 0 Å². The molecule has 0 fully saturated rings. The maximum Gasteiger partial charge on any atom is 0.374 e. The fourth-order valence-corrected chi connectivity index (χ4v) is 1.99. The Morgan fingerprint density at radius 2 is 2.00 bits per heavy atom. The van der Waals surface area contributed by atoms with Gasteiger partial charge in [-0.25, -0.2) is 9.78 Å².